The molecule has 0 aliphatic carbocycles. The van der Waals surface area contributed by atoms with Gasteiger partial charge in [0.2, 0.25) is 0 Å². The number of nitrogens with zero attached hydrogens (tertiary/aromatic N) is 2. The van der Waals surface area contributed by atoms with E-state index in [0.717, 1.165) is 11.3 Å². The number of anilines is 2. The maximum absolute atomic E-state index is 14.1. The van der Waals surface area contributed by atoms with Crippen LogP contribution in [0.4, 0.5) is 15.1 Å². The Morgan fingerprint density at radius 3 is 2.47 bits per heavy atom. The third-order valence-corrected chi connectivity index (χ3v) is 6.80. The summed E-state index contributed by atoms with van der Waals surface area (Å²) in [4.78, 5) is 17.5. The number of halogens is 1. The summed E-state index contributed by atoms with van der Waals surface area (Å²) in [5, 5.41) is 4.49. The van der Waals surface area contributed by atoms with E-state index in [0.29, 0.717) is 47.5 Å². The van der Waals surface area contributed by atoms with Gasteiger partial charge in [-0.2, -0.15) is 0 Å². The van der Waals surface area contributed by atoms with Crippen molar-refractivity contribution in [2.75, 3.05) is 43.5 Å². The average Bonchev–Trinajstić information content (AvgIpc) is 3.21. The molecule has 1 aliphatic heterocycles. The Bertz CT molecular complexity index is 1100. The lowest BCUT2D eigenvalue weighted by atomic mass is 10.1. The van der Waals surface area contributed by atoms with Gasteiger partial charge in [0.25, 0.3) is 0 Å². The van der Waals surface area contributed by atoms with Gasteiger partial charge in [-0.1, -0.05) is 42.5 Å². The van der Waals surface area contributed by atoms with Gasteiger partial charge in [-0.25, -0.2) is 9.18 Å². The van der Waals surface area contributed by atoms with Crippen molar-refractivity contribution in [3.63, 3.8) is 0 Å². The number of para-hydroxylation sites is 1. The van der Waals surface area contributed by atoms with E-state index in [1.54, 1.807) is 12.1 Å². The lowest BCUT2D eigenvalue weighted by Gasteiger charge is -2.37. The van der Waals surface area contributed by atoms with Gasteiger partial charge in [0.05, 0.1) is 18.4 Å². The Balaban J connectivity index is 1.43. The second-order valence-corrected chi connectivity index (χ2v) is 8.99. The van der Waals surface area contributed by atoms with Crippen LogP contribution < -0.4 is 10.2 Å². The maximum Gasteiger partial charge on any atom is 0.340 e. The van der Waals surface area contributed by atoms with Crippen LogP contribution in [-0.4, -0.2) is 49.3 Å². The zero-order chi connectivity index (χ0) is 22.5. The third-order valence-electron chi connectivity index (χ3n) is 5.39. The summed E-state index contributed by atoms with van der Waals surface area (Å²) < 4.78 is 19.1. The van der Waals surface area contributed by atoms with Gasteiger partial charge >= 0.3 is 5.97 Å². The number of hydrogen-bond acceptors (Lipinski definition) is 5. The highest BCUT2D eigenvalue weighted by molar-refractivity contribution is 7.80. The van der Waals surface area contributed by atoms with E-state index in [2.05, 4.69) is 17.4 Å². The van der Waals surface area contributed by atoms with E-state index in [4.69, 9.17) is 17.0 Å². The second kappa shape index (κ2) is 10.1. The van der Waals surface area contributed by atoms with E-state index in [1.807, 2.05) is 40.1 Å². The van der Waals surface area contributed by atoms with E-state index < -0.39 is 5.97 Å². The van der Waals surface area contributed by atoms with Crippen molar-refractivity contribution in [1.82, 2.24) is 4.90 Å². The standard InChI is InChI=1S/C24H24FN3O2S2/c1-30-23(29)19-16-18(15-17-7-3-2-4-8-17)32-22(19)26-24(31)28-13-11-27(12-14-28)21-10-6-5-9-20(21)25/h2-10,16H,11-15H2,1H3,(H,26,31). The number of thiocarbonyl (C=S) groups is 1. The minimum atomic E-state index is -0.393. The number of methoxy groups -OCH3 is 1. The van der Waals surface area contributed by atoms with Crippen molar-refractivity contribution in [1.29, 1.82) is 0 Å². The van der Waals surface area contributed by atoms with Crippen molar-refractivity contribution >= 4 is 45.3 Å². The number of carbonyl (C=O) groups excluding carboxylic acids is 1. The van der Waals surface area contributed by atoms with Crippen LogP contribution in [0.15, 0.2) is 60.7 Å². The average molecular weight is 470 g/mol. The molecule has 0 radical (unpaired) electrons. The number of esters is 1. The Morgan fingerprint density at radius 2 is 1.78 bits per heavy atom. The third kappa shape index (κ3) is 5.08. The topological polar surface area (TPSA) is 44.8 Å². The van der Waals surface area contributed by atoms with E-state index in [9.17, 15) is 9.18 Å². The number of thiophene rings is 1. The molecule has 5 nitrogen and oxygen atoms in total. The molecule has 1 aliphatic rings. The largest absolute Gasteiger partial charge is 0.465 e. The second-order valence-electron chi connectivity index (χ2n) is 7.47. The van der Waals surface area contributed by atoms with Crippen molar-refractivity contribution < 1.29 is 13.9 Å². The van der Waals surface area contributed by atoms with E-state index >= 15 is 0 Å². The summed E-state index contributed by atoms with van der Waals surface area (Å²) in [5.74, 6) is -0.607. The van der Waals surface area contributed by atoms with Crippen molar-refractivity contribution in [3.05, 3.63) is 82.5 Å². The fourth-order valence-electron chi connectivity index (χ4n) is 3.72. The number of piperazine rings is 1. The van der Waals surface area contributed by atoms with Gasteiger partial charge in [0.15, 0.2) is 5.11 Å². The number of benzene rings is 2. The lowest BCUT2D eigenvalue weighted by molar-refractivity contribution is 0.0602. The summed E-state index contributed by atoms with van der Waals surface area (Å²) in [6, 6.07) is 18.8. The smallest absolute Gasteiger partial charge is 0.340 e. The molecular formula is C24H24FN3O2S2. The molecular weight excluding hydrogens is 445 g/mol. The fourth-order valence-corrected chi connectivity index (χ4v) is 5.14. The maximum atomic E-state index is 14.1. The first kappa shape index (κ1) is 22.2. The van der Waals surface area contributed by atoms with Crippen LogP contribution in [0.1, 0.15) is 20.8 Å². The lowest BCUT2D eigenvalue weighted by Crippen LogP contribution is -2.50. The van der Waals surface area contributed by atoms with Crippen molar-refractivity contribution in [3.8, 4) is 0 Å². The van der Waals surface area contributed by atoms with E-state index in [1.165, 1.54) is 30.1 Å². The molecule has 1 saturated heterocycles. The van der Waals surface area contributed by atoms with Gasteiger partial charge in [0.1, 0.15) is 10.8 Å². The molecule has 1 N–H and O–H groups in total. The summed E-state index contributed by atoms with van der Waals surface area (Å²) in [5.41, 5.74) is 2.27. The number of rotatable bonds is 5. The molecule has 0 amide bonds. The molecule has 3 aromatic rings. The van der Waals surface area contributed by atoms with Crippen molar-refractivity contribution in [2.45, 2.75) is 6.42 Å². The quantitative estimate of drug-likeness (QED) is 0.429. The predicted octanol–water partition coefficient (Wildman–Crippen LogP) is 4.78. The number of hydrogen-bond donors (Lipinski definition) is 1. The minimum Gasteiger partial charge on any atom is -0.465 e. The summed E-state index contributed by atoms with van der Waals surface area (Å²) in [6.45, 7) is 2.65. The van der Waals surface area contributed by atoms with Crippen LogP contribution in [0.5, 0.6) is 0 Å². The zero-order valence-corrected chi connectivity index (χ0v) is 19.3. The number of ether oxygens (including phenoxy) is 1. The van der Waals surface area contributed by atoms with Gasteiger partial charge in [0, 0.05) is 37.5 Å². The van der Waals surface area contributed by atoms with Crippen LogP contribution in [0.3, 0.4) is 0 Å². The number of nitrogens with one attached hydrogen (secondary N) is 1. The molecule has 0 saturated carbocycles. The monoisotopic (exact) mass is 469 g/mol. The molecule has 2 heterocycles. The summed E-state index contributed by atoms with van der Waals surface area (Å²) in [6.07, 6.45) is 0.727. The summed E-state index contributed by atoms with van der Waals surface area (Å²) in [7, 11) is 1.38. The first-order valence-corrected chi connectivity index (χ1v) is 11.6. The molecule has 8 heteroatoms. The highest BCUT2D eigenvalue weighted by Gasteiger charge is 2.23. The first-order valence-electron chi connectivity index (χ1n) is 10.4. The Labute approximate surface area is 196 Å². The first-order chi connectivity index (χ1) is 15.5. The van der Waals surface area contributed by atoms with Crippen molar-refractivity contribution in [2.24, 2.45) is 0 Å². The van der Waals surface area contributed by atoms with E-state index in [-0.39, 0.29) is 5.82 Å². The molecule has 0 spiro atoms. The molecule has 4 rings (SSSR count). The molecule has 0 unspecified atom stereocenters. The highest BCUT2D eigenvalue weighted by atomic mass is 32.1. The molecule has 1 fully saturated rings. The normalized spacial score (nSPS) is 13.7. The molecule has 166 valence electrons. The predicted molar refractivity (Wildman–Crippen MR) is 131 cm³/mol. The summed E-state index contributed by atoms with van der Waals surface area (Å²) >= 11 is 7.14. The van der Waals surface area contributed by atoms with Crippen LogP contribution in [0.2, 0.25) is 0 Å². The Kier molecular flexibility index (Phi) is 7.02. The molecule has 0 atom stereocenters. The van der Waals surface area contributed by atoms with Gasteiger partial charge in [-0.15, -0.1) is 11.3 Å². The van der Waals surface area contributed by atoms with Gasteiger partial charge in [-0.05, 0) is 36.0 Å². The molecule has 32 heavy (non-hydrogen) atoms. The molecule has 0 bridgehead atoms. The van der Waals surface area contributed by atoms with Crippen LogP contribution in [0, 0.1) is 5.82 Å². The zero-order valence-electron chi connectivity index (χ0n) is 17.7. The SMILES string of the molecule is COC(=O)c1cc(Cc2ccccc2)sc1NC(=S)N1CCN(c2ccccc2F)CC1. The van der Waals surface area contributed by atoms with Crippen LogP contribution >= 0.6 is 23.6 Å². The van der Waals surface area contributed by atoms with Gasteiger partial charge < -0.3 is 19.9 Å². The van der Waals surface area contributed by atoms with Crippen LogP contribution in [0.25, 0.3) is 0 Å². The molecule has 1 aromatic heterocycles. The van der Waals surface area contributed by atoms with Crippen LogP contribution in [-0.2, 0) is 11.2 Å². The number of carbonyl (C=O) groups is 1. The Hall–Kier alpha value is -2.97. The fraction of sp³-hybridized carbons (Fsp3) is 0.250. The van der Waals surface area contributed by atoms with Gasteiger partial charge in [-0.3, -0.25) is 0 Å². The molecule has 2 aromatic carbocycles. The minimum absolute atomic E-state index is 0.214. The Morgan fingerprint density at radius 1 is 1.09 bits per heavy atom. The highest BCUT2D eigenvalue weighted by Crippen LogP contribution is 2.31.